The molecule has 0 aliphatic carbocycles. The van der Waals surface area contributed by atoms with Gasteiger partial charge in [0.1, 0.15) is 5.03 Å². The molecule has 0 spiro atoms. The topological polar surface area (TPSA) is 68.7 Å². The molecule has 0 fully saturated rings. The highest BCUT2D eigenvalue weighted by Gasteiger charge is 2.17. The molecule has 1 aliphatic rings. The van der Waals surface area contributed by atoms with Gasteiger partial charge in [0.05, 0.1) is 5.92 Å². The van der Waals surface area contributed by atoms with Crippen LogP contribution in [-0.4, -0.2) is 28.6 Å². The Morgan fingerprint density at radius 2 is 2.20 bits per heavy atom. The summed E-state index contributed by atoms with van der Waals surface area (Å²) >= 11 is 1.44. The number of carboxylic acids is 1. The predicted molar refractivity (Wildman–Crippen MR) is 75.4 cm³/mol. The third kappa shape index (κ3) is 2.38. The Balaban J connectivity index is 1.93. The molecule has 104 valence electrons. The minimum absolute atomic E-state index is 0.234. The standard InChI is InChI=1S/C14H13NO4S/c1-8(14(16)17)6-20-13-10-5-12-11(18-7-19-12)4-9(10)2-3-15-13/h2-5,8H,6-7H2,1H3,(H,16,17). The van der Waals surface area contributed by atoms with Crippen molar-refractivity contribution in [2.75, 3.05) is 12.5 Å². The molecule has 1 atom stereocenters. The number of fused-ring (bicyclic) bond motifs is 2. The summed E-state index contributed by atoms with van der Waals surface area (Å²) in [7, 11) is 0. The average molecular weight is 291 g/mol. The molecule has 1 aliphatic heterocycles. The van der Waals surface area contributed by atoms with Gasteiger partial charge in [-0.2, -0.15) is 0 Å². The molecule has 3 rings (SSSR count). The number of hydrogen-bond donors (Lipinski definition) is 1. The van der Waals surface area contributed by atoms with E-state index in [1.54, 1.807) is 13.1 Å². The number of carbonyl (C=O) groups is 1. The van der Waals surface area contributed by atoms with E-state index in [-0.39, 0.29) is 6.79 Å². The van der Waals surface area contributed by atoms with Crippen molar-refractivity contribution < 1.29 is 19.4 Å². The smallest absolute Gasteiger partial charge is 0.307 e. The largest absolute Gasteiger partial charge is 0.481 e. The quantitative estimate of drug-likeness (QED) is 0.874. The summed E-state index contributed by atoms with van der Waals surface area (Å²) in [5, 5.41) is 11.7. The van der Waals surface area contributed by atoms with Crippen LogP contribution in [0.2, 0.25) is 0 Å². The number of rotatable bonds is 4. The van der Waals surface area contributed by atoms with Crippen LogP contribution in [0.3, 0.4) is 0 Å². The molecule has 2 aromatic rings. The molecule has 6 heteroatoms. The fourth-order valence-electron chi connectivity index (χ4n) is 1.93. The van der Waals surface area contributed by atoms with E-state index >= 15 is 0 Å². The van der Waals surface area contributed by atoms with E-state index in [0.29, 0.717) is 11.5 Å². The molecule has 20 heavy (non-hydrogen) atoms. The first kappa shape index (κ1) is 13.1. The summed E-state index contributed by atoms with van der Waals surface area (Å²) in [4.78, 5) is 15.2. The van der Waals surface area contributed by atoms with E-state index in [1.165, 1.54) is 11.8 Å². The van der Waals surface area contributed by atoms with Gasteiger partial charge >= 0.3 is 5.97 Å². The van der Waals surface area contributed by atoms with Gasteiger partial charge in [-0.05, 0) is 23.6 Å². The van der Waals surface area contributed by atoms with Crippen LogP contribution in [-0.2, 0) is 4.79 Å². The number of ether oxygens (including phenoxy) is 2. The van der Waals surface area contributed by atoms with Gasteiger partial charge in [-0.25, -0.2) is 4.98 Å². The molecule has 1 aromatic heterocycles. The lowest BCUT2D eigenvalue weighted by Gasteiger charge is -2.08. The number of thioether (sulfide) groups is 1. The van der Waals surface area contributed by atoms with Crippen molar-refractivity contribution in [3.8, 4) is 11.5 Å². The highest BCUT2D eigenvalue weighted by Crippen LogP contribution is 2.38. The van der Waals surface area contributed by atoms with Gasteiger partial charge in [0, 0.05) is 17.3 Å². The zero-order valence-electron chi connectivity index (χ0n) is 10.8. The Bertz CT molecular complexity index is 674. The van der Waals surface area contributed by atoms with E-state index in [2.05, 4.69) is 4.98 Å². The number of nitrogens with zero attached hydrogens (tertiary/aromatic N) is 1. The fourth-order valence-corrected chi connectivity index (χ4v) is 2.94. The van der Waals surface area contributed by atoms with Crippen LogP contribution in [0.4, 0.5) is 0 Å². The zero-order valence-corrected chi connectivity index (χ0v) is 11.6. The normalized spacial score (nSPS) is 14.4. The summed E-state index contributed by atoms with van der Waals surface area (Å²) < 4.78 is 10.7. The second-order valence-corrected chi connectivity index (χ2v) is 5.60. The van der Waals surface area contributed by atoms with Crippen LogP contribution in [0.25, 0.3) is 10.8 Å². The molecule has 1 aromatic carbocycles. The lowest BCUT2D eigenvalue weighted by atomic mass is 10.1. The number of aromatic nitrogens is 1. The SMILES string of the molecule is CC(CSc1nccc2cc3c(cc12)OCO3)C(=O)O. The van der Waals surface area contributed by atoms with Crippen LogP contribution < -0.4 is 9.47 Å². The second kappa shape index (κ2) is 5.20. The number of pyridine rings is 1. The highest BCUT2D eigenvalue weighted by molar-refractivity contribution is 7.99. The van der Waals surface area contributed by atoms with Gasteiger partial charge in [0.2, 0.25) is 6.79 Å². The van der Waals surface area contributed by atoms with Crippen molar-refractivity contribution in [2.24, 2.45) is 5.92 Å². The second-order valence-electron chi connectivity index (χ2n) is 4.59. The van der Waals surface area contributed by atoms with Crippen molar-refractivity contribution in [1.82, 2.24) is 4.98 Å². The molecule has 0 radical (unpaired) electrons. The summed E-state index contributed by atoms with van der Waals surface area (Å²) in [5.41, 5.74) is 0. The summed E-state index contributed by atoms with van der Waals surface area (Å²) in [6, 6.07) is 5.73. The molecular formula is C14H13NO4S. The highest BCUT2D eigenvalue weighted by atomic mass is 32.2. The first-order valence-corrected chi connectivity index (χ1v) is 7.17. The Labute approximate surface area is 119 Å². The van der Waals surface area contributed by atoms with Crippen LogP contribution in [0, 0.1) is 5.92 Å². The molecule has 5 nitrogen and oxygen atoms in total. The van der Waals surface area contributed by atoms with Crippen LogP contribution in [0.1, 0.15) is 6.92 Å². The number of aliphatic carboxylic acids is 1. The number of hydrogen-bond acceptors (Lipinski definition) is 5. The maximum Gasteiger partial charge on any atom is 0.307 e. The average Bonchev–Trinajstić information content (AvgIpc) is 2.89. The maximum absolute atomic E-state index is 10.9. The van der Waals surface area contributed by atoms with Crippen molar-refractivity contribution in [1.29, 1.82) is 0 Å². The van der Waals surface area contributed by atoms with Gasteiger partial charge in [-0.3, -0.25) is 4.79 Å². The molecular weight excluding hydrogens is 278 g/mol. The van der Waals surface area contributed by atoms with E-state index in [4.69, 9.17) is 14.6 Å². The van der Waals surface area contributed by atoms with Crippen LogP contribution in [0.5, 0.6) is 11.5 Å². The minimum Gasteiger partial charge on any atom is -0.481 e. The third-order valence-electron chi connectivity index (χ3n) is 3.11. The van der Waals surface area contributed by atoms with Gasteiger partial charge in [0.25, 0.3) is 0 Å². The van der Waals surface area contributed by atoms with Crippen LogP contribution >= 0.6 is 11.8 Å². The van der Waals surface area contributed by atoms with Gasteiger partial charge in [-0.15, -0.1) is 11.8 Å². The maximum atomic E-state index is 10.9. The molecule has 0 saturated heterocycles. The summed E-state index contributed by atoms with van der Waals surface area (Å²) in [6.45, 7) is 1.92. The van der Waals surface area contributed by atoms with E-state index < -0.39 is 11.9 Å². The van der Waals surface area contributed by atoms with E-state index in [1.807, 2.05) is 18.2 Å². The molecule has 1 N–H and O–H groups in total. The Morgan fingerprint density at radius 1 is 1.45 bits per heavy atom. The van der Waals surface area contributed by atoms with Crippen LogP contribution in [0.15, 0.2) is 29.4 Å². The lowest BCUT2D eigenvalue weighted by Crippen LogP contribution is -2.11. The first-order valence-electron chi connectivity index (χ1n) is 6.19. The van der Waals surface area contributed by atoms with Gasteiger partial charge < -0.3 is 14.6 Å². The third-order valence-corrected chi connectivity index (χ3v) is 4.38. The lowest BCUT2D eigenvalue weighted by molar-refractivity contribution is -0.140. The van der Waals surface area contributed by atoms with Gasteiger partial charge in [0.15, 0.2) is 11.5 Å². The van der Waals surface area contributed by atoms with E-state index in [0.717, 1.165) is 21.5 Å². The fraction of sp³-hybridized carbons (Fsp3) is 0.286. The molecule has 0 saturated carbocycles. The summed E-state index contributed by atoms with van der Waals surface area (Å²) in [5.74, 6) is 0.717. The van der Waals surface area contributed by atoms with Crippen molar-refractivity contribution in [2.45, 2.75) is 11.9 Å². The van der Waals surface area contributed by atoms with Gasteiger partial charge in [-0.1, -0.05) is 6.92 Å². The Kier molecular flexibility index (Phi) is 3.40. The Morgan fingerprint density at radius 3 is 2.95 bits per heavy atom. The van der Waals surface area contributed by atoms with E-state index in [9.17, 15) is 4.79 Å². The molecule has 0 bridgehead atoms. The van der Waals surface area contributed by atoms with Crippen molar-refractivity contribution >= 4 is 28.5 Å². The zero-order chi connectivity index (χ0) is 14.1. The summed E-state index contributed by atoms with van der Waals surface area (Å²) in [6.07, 6.45) is 1.72. The van der Waals surface area contributed by atoms with Crippen molar-refractivity contribution in [3.05, 3.63) is 24.4 Å². The minimum atomic E-state index is -0.796. The van der Waals surface area contributed by atoms with Crippen molar-refractivity contribution in [3.63, 3.8) is 0 Å². The predicted octanol–water partition coefficient (Wildman–Crippen LogP) is 2.78. The Hall–Kier alpha value is -1.95. The first-order chi connectivity index (χ1) is 9.65. The monoisotopic (exact) mass is 291 g/mol. The molecule has 2 heterocycles. The number of benzene rings is 1. The number of carboxylic acid groups (broad SMARTS) is 1. The molecule has 0 amide bonds. The molecule has 1 unspecified atom stereocenters.